The standard InChI is InChI=1S/C13H18N4S/c1-10(2)17(9-12-4-3-7-18-12)13-11(8-14)5-6-15-16-13/h3-7,10H,8-9,14H2,1-2H3. The number of hydrogen-bond donors (Lipinski definition) is 1. The minimum Gasteiger partial charge on any atom is -0.347 e. The molecule has 2 aromatic rings. The summed E-state index contributed by atoms with van der Waals surface area (Å²) in [6.45, 7) is 5.64. The molecule has 0 fully saturated rings. The second-order valence-electron chi connectivity index (χ2n) is 4.39. The fraction of sp³-hybridized carbons (Fsp3) is 0.385. The van der Waals surface area contributed by atoms with Crippen LogP contribution in [0.5, 0.6) is 0 Å². The number of nitrogens with zero attached hydrogens (tertiary/aromatic N) is 3. The van der Waals surface area contributed by atoms with Crippen molar-refractivity contribution in [2.75, 3.05) is 4.90 Å². The lowest BCUT2D eigenvalue weighted by molar-refractivity contribution is 0.664. The number of anilines is 1. The minimum absolute atomic E-state index is 0.356. The Morgan fingerprint density at radius 3 is 2.83 bits per heavy atom. The molecule has 0 aliphatic carbocycles. The van der Waals surface area contributed by atoms with E-state index in [1.807, 2.05) is 6.07 Å². The van der Waals surface area contributed by atoms with Crippen molar-refractivity contribution in [2.24, 2.45) is 5.73 Å². The van der Waals surface area contributed by atoms with Crippen LogP contribution in [0, 0.1) is 0 Å². The molecule has 0 bridgehead atoms. The topological polar surface area (TPSA) is 55.0 Å². The lowest BCUT2D eigenvalue weighted by Crippen LogP contribution is -2.32. The van der Waals surface area contributed by atoms with Crippen LogP contribution in [0.2, 0.25) is 0 Å². The zero-order chi connectivity index (χ0) is 13.0. The summed E-state index contributed by atoms with van der Waals surface area (Å²) in [6.07, 6.45) is 1.69. The molecule has 0 atom stereocenters. The summed E-state index contributed by atoms with van der Waals surface area (Å²) in [5, 5.41) is 10.3. The Morgan fingerprint density at radius 2 is 2.22 bits per heavy atom. The molecule has 0 aliphatic heterocycles. The molecule has 2 heterocycles. The van der Waals surface area contributed by atoms with Crippen LogP contribution in [-0.2, 0) is 13.1 Å². The van der Waals surface area contributed by atoms with Crippen molar-refractivity contribution in [2.45, 2.75) is 33.0 Å². The second kappa shape index (κ2) is 5.93. The highest BCUT2D eigenvalue weighted by atomic mass is 32.1. The average molecular weight is 262 g/mol. The lowest BCUT2D eigenvalue weighted by Gasteiger charge is -2.28. The first kappa shape index (κ1) is 13.0. The van der Waals surface area contributed by atoms with Gasteiger partial charge in [0.1, 0.15) is 0 Å². The fourth-order valence-electron chi connectivity index (χ4n) is 1.82. The van der Waals surface area contributed by atoms with Crippen LogP contribution in [0.25, 0.3) is 0 Å². The Labute approximate surface area is 111 Å². The van der Waals surface area contributed by atoms with Gasteiger partial charge in [0.15, 0.2) is 5.82 Å². The molecule has 0 spiro atoms. The van der Waals surface area contributed by atoms with Crippen molar-refractivity contribution in [3.05, 3.63) is 40.2 Å². The Kier molecular flexibility index (Phi) is 4.28. The maximum atomic E-state index is 5.77. The summed E-state index contributed by atoms with van der Waals surface area (Å²) in [5.41, 5.74) is 6.81. The van der Waals surface area contributed by atoms with Gasteiger partial charge in [-0.3, -0.25) is 0 Å². The van der Waals surface area contributed by atoms with E-state index in [9.17, 15) is 0 Å². The fourth-order valence-corrected chi connectivity index (χ4v) is 2.53. The molecular weight excluding hydrogens is 244 g/mol. The number of hydrogen-bond acceptors (Lipinski definition) is 5. The van der Waals surface area contributed by atoms with E-state index in [-0.39, 0.29) is 0 Å². The highest BCUT2D eigenvalue weighted by molar-refractivity contribution is 7.09. The molecule has 0 radical (unpaired) electrons. The third-order valence-electron chi connectivity index (χ3n) is 2.80. The largest absolute Gasteiger partial charge is 0.347 e. The maximum absolute atomic E-state index is 5.77. The lowest BCUT2D eigenvalue weighted by atomic mass is 10.2. The van der Waals surface area contributed by atoms with Crippen LogP contribution in [0.15, 0.2) is 29.8 Å². The van der Waals surface area contributed by atoms with Crippen LogP contribution in [0.3, 0.4) is 0 Å². The molecular formula is C13H18N4S. The predicted octanol–water partition coefficient (Wildman–Crippen LogP) is 2.41. The SMILES string of the molecule is CC(C)N(Cc1cccs1)c1nnccc1CN. The third-order valence-corrected chi connectivity index (χ3v) is 3.66. The summed E-state index contributed by atoms with van der Waals surface area (Å²) in [4.78, 5) is 3.55. The highest BCUT2D eigenvalue weighted by Gasteiger charge is 2.16. The summed E-state index contributed by atoms with van der Waals surface area (Å²) < 4.78 is 0. The molecule has 0 aromatic carbocycles. The second-order valence-corrected chi connectivity index (χ2v) is 5.42. The van der Waals surface area contributed by atoms with Gasteiger partial charge in [-0.05, 0) is 31.4 Å². The molecule has 0 saturated carbocycles. The molecule has 2 N–H and O–H groups in total. The average Bonchev–Trinajstić information content (AvgIpc) is 2.88. The van der Waals surface area contributed by atoms with Crippen LogP contribution < -0.4 is 10.6 Å². The van der Waals surface area contributed by atoms with Gasteiger partial charge >= 0.3 is 0 Å². The van der Waals surface area contributed by atoms with Gasteiger partial charge in [-0.15, -0.1) is 16.4 Å². The molecule has 0 unspecified atom stereocenters. The van der Waals surface area contributed by atoms with E-state index < -0.39 is 0 Å². The van der Waals surface area contributed by atoms with E-state index in [0.29, 0.717) is 12.6 Å². The molecule has 2 rings (SSSR count). The minimum atomic E-state index is 0.356. The first-order valence-corrected chi connectivity index (χ1v) is 6.90. The van der Waals surface area contributed by atoms with Gasteiger partial charge in [0.25, 0.3) is 0 Å². The normalized spacial score (nSPS) is 10.9. The molecule has 0 saturated heterocycles. The monoisotopic (exact) mass is 262 g/mol. The van der Waals surface area contributed by atoms with Crippen molar-refractivity contribution in [1.29, 1.82) is 0 Å². The van der Waals surface area contributed by atoms with Crippen molar-refractivity contribution in [3.63, 3.8) is 0 Å². The Bertz CT molecular complexity index is 481. The molecule has 0 aliphatic rings. The van der Waals surface area contributed by atoms with Crippen molar-refractivity contribution in [1.82, 2.24) is 10.2 Å². The number of rotatable bonds is 5. The first-order valence-electron chi connectivity index (χ1n) is 6.02. The van der Waals surface area contributed by atoms with Crippen molar-refractivity contribution >= 4 is 17.2 Å². The van der Waals surface area contributed by atoms with E-state index in [1.165, 1.54) is 4.88 Å². The number of nitrogens with two attached hydrogens (primary N) is 1. The zero-order valence-corrected chi connectivity index (χ0v) is 11.5. The molecule has 96 valence electrons. The smallest absolute Gasteiger partial charge is 0.156 e. The third kappa shape index (κ3) is 2.86. The highest BCUT2D eigenvalue weighted by Crippen LogP contribution is 2.22. The molecule has 4 nitrogen and oxygen atoms in total. The van der Waals surface area contributed by atoms with Gasteiger partial charge in [-0.2, -0.15) is 5.10 Å². The van der Waals surface area contributed by atoms with Crippen molar-refractivity contribution in [3.8, 4) is 0 Å². The van der Waals surface area contributed by atoms with Crippen LogP contribution in [-0.4, -0.2) is 16.2 Å². The molecule has 2 aromatic heterocycles. The van der Waals surface area contributed by atoms with E-state index in [4.69, 9.17) is 5.73 Å². The summed E-state index contributed by atoms with van der Waals surface area (Å²) in [7, 11) is 0. The van der Waals surface area contributed by atoms with Gasteiger partial charge in [0, 0.05) is 23.0 Å². The van der Waals surface area contributed by atoms with Gasteiger partial charge < -0.3 is 10.6 Å². The van der Waals surface area contributed by atoms with E-state index in [0.717, 1.165) is 17.9 Å². The first-order chi connectivity index (χ1) is 8.72. The molecule has 5 heteroatoms. The summed E-state index contributed by atoms with van der Waals surface area (Å²) >= 11 is 1.76. The van der Waals surface area contributed by atoms with E-state index in [2.05, 4.69) is 46.5 Å². The van der Waals surface area contributed by atoms with Gasteiger partial charge in [-0.25, -0.2) is 0 Å². The zero-order valence-electron chi connectivity index (χ0n) is 10.7. The van der Waals surface area contributed by atoms with Crippen LogP contribution in [0.4, 0.5) is 5.82 Å². The van der Waals surface area contributed by atoms with Gasteiger partial charge in [-0.1, -0.05) is 6.07 Å². The van der Waals surface area contributed by atoms with E-state index >= 15 is 0 Å². The Balaban J connectivity index is 2.29. The van der Waals surface area contributed by atoms with Gasteiger partial charge in [0.2, 0.25) is 0 Å². The number of aromatic nitrogens is 2. The number of thiophene rings is 1. The molecule has 18 heavy (non-hydrogen) atoms. The van der Waals surface area contributed by atoms with Crippen molar-refractivity contribution < 1.29 is 0 Å². The van der Waals surface area contributed by atoms with Gasteiger partial charge in [0.05, 0.1) is 12.7 Å². The Morgan fingerprint density at radius 1 is 1.39 bits per heavy atom. The Hall–Kier alpha value is -1.46. The quantitative estimate of drug-likeness (QED) is 0.899. The van der Waals surface area contributed by atoms with Crippen LogP contribution in [0.1, 0.15) is 24.3 Å². The summed E-state index contributed by atoms with van der Waals surface area (Å²) in [5.74, 6) is 0.892. The predicted molar refractivity (Wildman–Crippen MR) is 75.6 cm³/mol. The maximum Gasteiger partial charge on any atom is 0.156 e. The summed E-state index contributed by atoms with van der Waals surface area (Å²) in [6, 6.07) is 6.50. The van der Waals surface area contributed by atoms with E-state index in [1.54, 1.807) is 17.5 Å². The molecule has 0 amide bonds. The van der Waals surface area contributed by atoms with Crippen LogP contribution >= 0.6 is 11.3 Å².